The predicted octanol–water partition coefficient (Wildman–Crippen LogP) is 4.04. The van der Waals surface area contributed by atoms with Gasteiger partial charge in [-0.3, -0.25) is 4.68 Å². The van der Waals surface area contributed by atoms with Crippen LogP contribution in [0.4, 0.5) is 4.39 Å². The zero-order valence-electron chi connectivity index (χ0n) is 21.2. The third kappa shape index (κ3) is 4.95. The van der Waals surface area contributed by atoms with Crippen molar-refractivity contribution in [2.45, 2.75) is 60.7 Å². The normalized spacial score (nSPS) is 20.7. The van der Waals surface area contributed by atoms with Crippen LogP contribution >= 0.6 is 11.8 Å². The SMILES string of the molecule is Cc1c(-c2cc(Sc3ccc(F)cn3)c3c(C#N)cnn3c2)cnn1C1CC2CCC(C1)N2C.O=CCO. The van der Waals surface area contributed by atoms with Gasteiger partial charge in [-0.05, 0) is 57.9 Å². The molecule has 38 heavy (non-hydrogen) atoms. The lowest BCUT2D eigenvalue weighted by Gasteiger charge is -2.36. The second kappa shape index (κ2) is 11.0. The van der Waals surface area contributed by atoms with Gasteiger partial charge in [-0.2, -0.15) is 15.5 Å². The molecule has 2 aliphatic heterocycles. The minimum atomic E-state index is -0.379. The highest BCUT2D eigenvalue weighted by molar-refractivity contribution is 7.99. The molecule has 0 aromatic carbocycles. The first-order chi connectivity index (χ1) is 18.4. The highest BCUT2D eigenvalue weighted by atomic mass is 32.2. The van der Waals surface area contributed by atoms with Crippen LogP contribution in [0, 0.1) is 24.1 Å². The molecule has 1 N–H and O–H groups in total. The standard InChI is InChI=1S/C25H24FN7S.C2H4O2/c1-15-22(13-30-33(15)21-8-19-4-5-20(9-21)31(19)2)16-7-23(34-24-6-3-18(26)12-28-24)25-17(10-27)11-29-32(25)14-16;3-1-2-4/h3,6-7,11-14,19-21H,4-5,8-9H2,1-2H3;1,4H,2H2. The summed E-state index contributed by atoms with van der Waals surface area (Å²) in [4.78, 5) is 16.5. The fraction of sp³-hybridized carbons (Fsp3) is 0.370. The van der Waals surface area contributed by atoms with E-state index in [9.17, 15) is 9.65 Å². The smallest absolute Gasteiger partial charge is 0.145 e. The van der Waals surface area contributed by atoms with E-state index in [0.29, 0.717) is 35.0 Å². The lowest BCUT2D eigenvalue weighted by atomic mass is 9.97. The van der Waals surface area contributed by atoms with Crippen LogP contribution in [0.2, 0.25) is 0 Å². The summed E-state index contributed by atoms with van der Waals surface area (Å²) < 4.78 is 17.3. The van der Waals surface area contributed by atoms with Crippen molar-refractivity contribution in [2.24, 2.45) is 0 Å². The monoisotopic (exact) mass is 533 g/mol. The minimum absolute atomic E-state index is 0.361. The molecule has 6 rings (SSSR count). The fourth-order valence-corrected chi connectivity index (χ4v) is 6.54. The number of aliphatic hydroxyl groups excluding tert-OH is 1. The number of rotatable bonds is 5. The number of nitrogens with zero attached hydrogens (tertiary/aromatic N) is 7. The van der Waals surface area contributed by atoms with Gasteiger partial charge in [-0.25, -0.2) is 13.9 Å². The predicted molar refractivity (Wildman–Crippen MR) is 140 cm³/mol. The molecule has 2 fully saturated rings. The summed E-state index contributed by atoms with van der Waals surface area (Å²) in [5.74, 6) is -0.379. The summed E-state index contributed by atoms with van der Waals surface area (Å²) in [6.45, 7) is 1.77. The van der Waals surface area contributed by atoms with Crippen LogP contribution in [-0.2, 0) is 4.79 Å². The van der Waals surface area contributed by atoms with Gasteiger partial charge in [0.25, 0.3) is 0 Å². The molecule has 11 heteroatoms. The molecule has 196 valence electrons. The van der Waals surface area contributed by atoms with Crippen molar-refractivity contribution in [1.29, 1.82) is 5.26 Å². The van der Waals surface area contributed by atoms with E-state index in [-0.39, 0.29) is 12.4 Å². The molecule has 0 amide bonds. The van der Waals surface area contributed by atoms with E-state index in [2.05, 4.69) is 45.8 Å². The Hall–Kier alpha value is -3.59. The van der Waals surface area contributed by atoms with Crippen molar-refractivity contribution in [3.8, 4) is 17.2 Å². The van der Waals surface area contributed by atoms with Crippen LogP contribution in [-0.4, -0.2) is 66.4 Å². The second-order valence-electron chi connectivity index (χ2n) is 9.59. The molecule has 2 saturated heterocycles. The maximum atomic E-state index is 13.4. The van der Waals surface area contributed by atoms with E-state index < -0.39 is 0 Å². The average molecular weight is 534 g/mol. The molecule has 0 saturated carbocycles. The zero-order chi connectivity index (χ0) is 26.8. The van der Waals surface area contributed by atoms with E-state index in [1.165, 1.54) is 36.9 Å². The van der Waals surface area contributed by atoms with Gasteiger partial charge in [0.05, 0.1) is 42.3 Å². The number of carbonyl (C=O) groups is 1. The Balaban J connectivity index is 0.000000689. The summed E-state index contributed by atoms with van der Waals surface area (Å²) in [6.07, 6.45) is 11.9. The quantitative estimate of drug-likeness (QED) is 0.383. The molecular formula is C27H28FN7O2S. The highest BCUT2D eigenvalue weighted by Gasteiger charge is 2.39. The van der Waals surface area contributed by atoms with Gasteiger partial charge in [0.2, 0.25) is 0 Å². The van der Waals surface area contributed by atoms with Gasteiger partial charge in [0, 0.05) is 40.0 Å². The van der Waals surface area contributed by atoms with E-state index in [0.717, 1.165) is 40.1 Å². The molecule has 0 spiro atoms. The van der Waals surface area contributed by atoms with Gasteiger partial charge >= 0.3 is 0 Å². The van der Waals surface area contributed by atoms with E-state index >= 15 is 0 Å². The number of hydrogen-bond acceptors (Lipinski definition) is 8. The van der Waals surface area contributed by atoms with Crippen molar-refractivity contribution >= 4 is 23.6 Å². The number of nitriles is 1. The number of aromatic nitrogens is 5. The summed E-state index contributed by atoms with van der Waals surface area (Å²) in [5, 5.41) is 27.0. The second-order valence-corrected chi connectivity index (χ2v) is 10.6. The minimum Gasteiger partial charge on any atom is -0.389 e. The first-order valence-electron chi connectivity index (χ1n) is 12.4. The molecule has 2 aliphatic rings. The van der Waals surface area contributed by atoms with Crippen LogP contribution in [0.1, 0.15) is 43.0 Å². The molecule has 4 aromatic heterocycles. The van der Waals surface area contributed by atoms with Crippen molar-refractivity contribution in [3.63, 3.8) is 0 Å². The van der Waals surface area contributed by atoms with Crippen molar-refractivity contribution in [2.75, 3.05) is 13.7 Å². The van der Waals surface area contributed by atoms with Gasteiger partial charge in [-0.15, -0.1) is 0 Å². The molecule has 2 bridgehead atoms. The Morgan fingerprint density at radius 1 is 1.18 bits per heavy atom. The number of aliphatic hydroxyl groups is 1. The maximum Gasteiger partial charge on any atom is 0.145 e. The number of piperidine rings is 1. The van der Waals surface area contributed by atoms with E-state index in [4.69, 9.17) is 15.0 Å². The topological polar surface area (TPSA) is 112 Å². The van der Waals surface area contributed by atoms with Crippen molar-refractivity contribution in [1.82, 2.24) is 29.3 Å². The Morgan fingerprint density at radius 2 is 1.92 bits per heavy atom. The lowest BCUT2D eigenvalue weighted by Crippen LogP contribution is -2.40. The molecule has 4 aromatic rings. The van der Waals surface area contributed by atoms with Crippen LogP contribution < -0.4 is 0 Å². The van der Waals surface area contributed by atoms with Crippen LogP contribution in [0.3, 0.4) is 0 Å². The molecule has 2 unspecified atom stereocenters. The third-order valence-electron chi connectivity index (χ3n) is 7.46. The maximum absolute atomic E-state index is 13.4. The fourth-order valence-electron chi connectivity index (χ4n) is 5.58. The Kier molecular flexibility index (Phi) is 7.56. The van der Waals surface area contributed by atoms with Crippen molar-refractivity contribution in [3.05, 3.63) is 60.1 Å². The zero-order valence-corrected chi connectivity index (χ0v) is 22.0. The summed E-state index contributed by atoms with van der Waals surface area (Å²) in [5.41, 5.74) is 4.38. The number of carbonyl (C=O) groups excluding carboxylic acids is 1. The first-order valence-corrected chi connectivity index (χ1v) is 13.3. The number of aldehydes is 1. The molecule has 0 aliphatic carbocycles. The Bertz CT molecular complexity index is 1480. The molecule has 2 atom stereocenters. The summed E-state index contributed by atoms with van der Waals surface area (Å²) in [7, 11) is 2.25. The number of fused-ring (bicyclic) bond motifs is 3. The summed E-state index contributed by atoms with van der Waals surface area (Å²) in [6, 6.07) is 9.02. The first kappa shape index (κ1) is 26.0. The third-order valence-corrected chi connectivity index (χ3v) is 8.44. The van der Waals surface area contributed by atoms with Crippen molar-refractivity contribution < 1.29 is 14.3 Å². The number of halogens is 1. The number of pyridine rings is 2. The van der Waals surface area contributed by atoms with Crippen LogP contribution in [0.5, 0.6) is 0 Å². The highest BCUT2D eigenvalue weighted by Crippen LogP contribution is 2.41. The average Bonchev–Trinajstić information content (AvgIpc) is 3.57. The summed E-state index contributed by atoms with van der Waals surface area (Å²) >= 11 is 1.40. The Morgan fingerprint density at radius 3 is 2.55 bits per heavy atom. The van der Waals surface area contributed by atoms with E-state index in [1.807, 2.05) is 12.4 Å². The number of hydrogen-bond donors (Lipinski definition) is 1. The molecular weight excluding hydrogens is 505 g/mol. The van der Waals surface area contributed by atoms with Gasteiger partial charge in [0.15, 0.2) is 0 Å². The molecule has 0 radical (unpaired) electrons. The van der Waals surface area contributed by atoms with E-state index in [1.54, 1.807) is 16.8 Å². The Labute approximate surface area is 223 Å². The largest absolute Gasteiger partial charge is 0.389 e. The lowest BCUT2D eigenvalue weighted by molar-refractivity contribution is -0.110. The van der Waals surface area contributed by atoms with Gasteiger partial charge in [-0.1, -0.05) is 11.8 Å². The van der Waals surface area contributed by atoms with Crippen LogP contribution in [0.15, 0.2) is 52.9 Å². The van der Waals surface area contributed by atoms with Crippen LogP contribution in [0.25, 0.3) is 16.6 Å². The van der Waals surface area contributed by atoms with Gasteiger partial charge < -0.3 is 14.8 Å². The van der Waals surface area contributed by atoms with Gasteiger partial charge in [0.1, 0.15) is 23.2 Å². The molecule has 6 heterocycles. The molecule has 9 nitrogen and oxygen atoms in total.